The summed E-state index contributed by atoms with van der Waals surface area (Å²) in [5, 5.41) is 5.65. The van der Waals surface area contributed by atoms with Gasteiger partial charge in [0.05, 0.1) is 10.9 Å². The molecule has 0 saturated carbocycles. The summed E-state index contributed by atoms with van der Waals surface area (Å²) in [5.74, 6) is -0.198. The molecule has 1 heterocycles. The first-order valence-electron chi connectivity index (χ1n) is 7.64. The van der Waals surface area contributed by atoms with Crippen LogP contribution in [0.2, 0.25) is 0 Å². The lowest BCUT2D eigenvalue weighted by molar-refractivity contribution is -0.115. The topological polar surface area (TPSA) is 61.4 Å². The number of carbonyl (C=O) groups excluding carboxylic acids is 2. The number of nitrogens with zero attached hydrogens (tertiary/aromatic N) is 1. The van der Waals surface area contributed by atoms with E-state index in [0.717, 1.165) is 16.3 Å². The van der Waals surface area contributed by atoms with E-state index in [4.69, 9.17) is 0 Å². The van der Waals surface area contributed by atoms with Gasteiger partial charge in [-0.15, -0.1) is 11.8 Å². The zero-order valence-corrected chi connectivity index (χ0v) is 14.6. The maximum absolute atomic E-state index is 12.5. The molecular weight excluding hydrogens is 322 g/mol. The summed E-state index contributed by atoms with van der Waals surface area (Å²) < 4.78 is 0. The summed E-state index contributed by atoms with van der Waals surface area (Å²) in [6, 6.07) is 13.0. The van der Waals surface area contributed by atoms with Crippen LogP contribution in [0.25, 0.3) is 0 Å². The number of nitrogens with one attached hydrogen (secondary N) is 2. The van der Waals surface area contributed by atoms with Crippen molar-refractivity contribution in [2.75, 3.05) is 29.6 Å². The average molecular weight is 341 g/mol. The van der Waals surface area contributed by atoms with Crippen molar-refractivity contribution in [2.45, 2.75) is 17.1 Å². The van der Waals surface area contributed by atoms with Crippen molar-refractivity contribution in [2.24, 2.45) is 0 Å². The number of carbonyl (C=O) groups is 2. The van der Waals surface area contributed by atoms with Crippen molar-refractivity contribution < 1.29 is 9.59 Å². The van der Waals surface area contributed by atoms with Gasteiger partial charge < -0.3 is 15.5 Å². The highest BCUT2D eigenvalue weighted by Gasteiger charge is 2.23. The van der Waals surface area contributed by atoms with Gasteiger partial charge in [-0.3, -0.25) is 9.59 Å². The quantitative estimate of drug-likeness (QED) is 0.898. The van der Waals surface area contributed by atoms with Gasteiger partial charge in [-0.2, -0.15) is 0 Å². The third-order valence-corrected chi connectivity index (χ3v) is 4.97. The lowest BCUT2D eigenvalue weighted by atomic mass is 10.1. The van der Waals surface area contributed by atoms with Gasteiger partial charge >= 0.3 is 0 Å². The van der Waals surface area contributed by atoms with E-state index in [1.165, 1.54) is 11.8 Å². The summed E-state index contributed by atoms with van der Waals surface area (Å²) in [7, 11) is 3.86. The highest BCUT2D eigenvalue weighted by atomic mass is 32.2. The minimum atomic E-state index is -0.179. The van der Waals surface area contributed by atoms with E-state index < -0.39 is 0 Å². The first-order chi connectivity index (χ1) is 11.4. The third kappa shape index (κ3) is 3.38. The van der Waals surface area contributed by atoms with E-state index in [0.29, 0.717) is 11.3 Å². The van der Waals surface area contributed by atoms with Gasteiger partial charge in [0, 0.05) is 35.9 Å². The predicted octanol–water partition coefficient (Wildman–Crippen LogP) is 3.44. The van der Waals surface area contributed by atoms with Gasteiger partial charge in [0.15, 0.2) is 0 Å². The molecule has 0 aromatic heterocycles. The van der Waals surface area contributed by atoms with Crippen molar-refractivity contribution in [1.82, 2.24) is 0 Å². The first kappa shape index (κ1) is 16.4. The molecule has 0 aliphatic carbocycles. The number of amides is 2. The predicted molar refractivity (Wildman–Crippen MR) is 99.1 cm³/mol. The van der Waals surface area contributed by atoms with Crippen LogP contribution in [0.4, 0.5) is 17.1 Å². The second-order valence-corrected chi connectivity index (χ2v) is 7.24. The molecule has 124 valence electrons. The third-order valence-electron chi connectivity index (χ3n) is 3.79. The Morgan fingerprint density at radius 3 is 2.75 bits per heavy atom. The maximum atomic E-state index is 12.5. The second-order valence-electron chi connectivity index (χ2n) is 5.86. The summed E-state index contributed by atoms with van der Waals surface area (Å²) in [5.41, 5.74) is 2.95. The van der Waals surface area contributed by atoms with Crippen LogP contribution < -0.4 is 15.5 Å². The van der Waals surface area contributed by atoms with Crippen molar-refractivity contribution in [1.29, 1.82) is 0 Å². The zero-order chi connectivity index (χ0) is 17.3. The molecule has 5 nitrogen and oxygen atoms in total. The van der Waals surface area contributed by atoms with Crippen LogP contribution in [0.5, 0.6) is 0 Å². The van der Waals surface area contributed by atoms with Crippen LogP contribution in [0.15, 0.2) is 47.4 Å². The molecule has 1 unspecified atom stereocenters. The molecule has 2 aromatic carbocycles. The van der Waals surface area contributed by atoms with Crippen LogP contribution in [0.3, 0.4) is 0 Å². The number of rotatable bonds is 3. The van der Waals surface area contributed by atoms with Crippen molar-refractivity contribution in [3.8, 4) is 0 Å². The molecule has 1 atom stereocenters. The van der Waals surface area contributed by atoms with Crippen molar-refractivity contribution >= 4 is 40.6 Å². The number of thioether (sulfide) groups is 1. The van der Waals surface area contributed by atoms with E-state index >= 15 is 0 Å². The number of hydrogen-bond donors (Lipinski definition) is 2. The molecule has 24 heavy (non-hydrogen) atoms. The monoisotopic (exact) mass is 341 g/mol. The van der Waals surface area contributed by atoms with Crippen LogP contribution in [0.1, 0.15) is 17.3 Å². The van der Waals surface area contributed by atoms with E-state index in [9.17, 15) is 9.59 Å². The molecule has 2 N–H and O–H groups in total. The smallest absolute Gasteiger partial charge is 0.255 e. The summed E-state index contributed by atoms with van der Waals surface area (Å²) in [6.45, 7) is 1.87. The maximum Gasteiger partial charge on any atom is 0.255 e. The highest BCUT2D eigenvalue weighted by Crippen LogP contribution is 2.37. The molecular formula is C18H19N3O2S. The number of hydrogen-bond acceptors (Lipinski definition) is 4. The first-order valence-corrected chi connectivity index (χ1v) is 8.52. The summed E-state index contributed by atoms with van der Waals surface area (Å²) in [4.78, 5) is 27.2. The Labute approximate surface area is 145 Å². The van der Waals surface area contributed by atoms with Crippen molar-refractivity contribution in [3.63, 3.8) is 0 Å². The molecule has 0 bridgehead atoms. The van der Waals surface area contributed by atoms with Gasteiger partial charge in [-0.05, 0) is 43.3 Å². The summed E-state index contributed by atoms with van der Waals surface area (Å²) >= 11 is 1.52. The Balaban J connectivity index is 1.79. The Morgan fingerprint density at radius 1 is 1.21 bits per heavy atom. The Bertz CT molecular complexity index is 805. The fraction of sp³-hybridized carbons (Fsp3) is 0.222. The highest BCUT2D eigenvalue weighted by molar-refractivity contribution is 8.00. The number of fused-ring (bicyclic) bond motifs is 1. The van der Waals surface area contributed by atoms with Gasteiger partial charge in [-0.1, -0.05) is 6.07 Å². The minimum Gasteiger partial charge on any atom is -0.378 e. The molecule has 3 rings (SSSR count). The normalized spacial score (nSPS) is 16.1. The lowest BCUT2D eigenvalue weighted by Crippen LogP contribution is -2.26. The molecule has 6 heteroatoms. The molecule has 0 spiro atoms. The SMILES string of the molecule is CC1Sc2ccc(NC(=O)c3cccc(N(C)C)c3)cc2NC1=O. The van der Waals surface area contributed by atoms with Gasteiger partial charge in [0.1, 0.15) is 0 Å². The van der Waals surface area contributed by atoms with E-state index in [1.807, 2.05) is 56.3 Å². The van der Waals surface area contributed by atoms with E-state index in [2.05, 4.69) is 10.6 Å². The van der Waals surface area contributed by atoms with Gasteiger partial charge in [-0.25, -0.2) is 0 Å². The Morgan fingerprint density at radius 2 is 2.00 bits per heavy atom. The molecule has 1 aliphatic heterocycles. The number of benzene rings is 2. The van der Waals surface area contributed by atoms with Crippen LogP contribution in [-0.4, -0.2) is 31.2 Å². The molecule has 1 aliphatic rings. The van der Waals surface area contributed by atoms with Crippen LogP contribution in [-0.2, 0) is 4.79 Å². The van der Waals surface area contributed by atoms with Gasteiger partial charge in [0.25, 0.3) is 5.91 Å². The Hall–Kier alpha value is -2.47. The molecule has 0 radical (unpaired) electrons. The largest absolute Gasteiger partial charge is 0.378 e. The fourth-order valence-electron chi connectivity index (χ4n) is 2.42. The van der Waals surface area contributed by atoms with Crippen molar-refractivity contribution in [3.05, 3.63) is 48.0 Å². The molecule has 0 saturated heterocycles. The summed E-state index contributed by atoms with van der Waals surface area (Å²) in [6.07, 6.45) is 0. The fourth-order valence-corrected chi connectivity index (χ4v) is 3.35. The standard InChI is InChI=1S/C18H19N3O2S/c1-11-17(22)20-15-10-13(7-8-16(15)24-11)19-18(23)12-5-4-6-14(9-12)21(2)3/h4-11H,1-3H3,(H,19,23)(H,20,22). The second kappa shape index (κ2) is 6.57. The molecule has 2 aromatic rings. The Kier molecular flexibility index (Phi) is 4.49. The van der Waals surface area contributed by atoms with Crippen LogP contribution >= 0.6 is 11.8 Å². The average Bonchev–Trinajstić information content (AvgIpc) is 2.56. The van der Waals surface area contributed by atoms with Gasteiger partial charge in [0.2, 0.25) is 5.91 Å². The van der Waals surface area contributed by atoms with E-state index in [1.54, 1.807) is 12.1 Å². The lowest BCUT2D eigenvalue weighted by Gasteiger charge is -2.22. The van der Waals surface area contributed by atoms with Crippen LogP contribution in [0, 0.1) is 0 Å². The van der Waals surface area contributed by atoms with E-state index in [-0.39, 0.29) is 17.1 Å². The zero-order valence-electron chi connectivity index (χ0n) is 13.8. The molecule has 0 fully saturated rings. The minimum absolute atomic E-state index is 0.0188. The molecule has 2 amide bonds. The number of anilines is 3.